The Hall–Kier alpha value is -3.87. The summed E-state index contributed by atoms with van der Waals surface area (Å²) in [7, 11) is 0. The molecule has 1 fully saturated rings. The number of ether oxygens (including phenoxy) is 4. The van der Waals surface area contributed by atoms with Crippen LogP contribution in [0.1, 0.15) is 80.2 Å². The SMILES string of the molecule is CC(Oc1cccc(-n2nc(C(F)(F)F)c3c2C(OC2CCC(C(=O)O)CC2)CCC3)c1)c1ccc2c(c1)OC(F)(F)O2. The van der Waals surface area contributed by atoms with Crippen LogP contribution in [0.4, 0.5) is 22.0 Å². The normalized spacial score (nSPS) is 23.4. The topological polar surface area (TPSA) is 92.0 Å². The monoisotopic (exact) mass is 608 g/mol. The number of halogens is 5. The minimum atomic E-state index is -4.67. The quantitative estimate of drug-likeness (QED) is 0.280. The number of carboxylic acids is 1. The second-order valence-corrected chi connectivity index (χ2v) is 11.1. The summed E-state index contributed by atoms with van der Waals surface area (Å²) in [6.07, 6.45) is -6.82. The minimum Gasteiger partial charge on any atom is -0.486 e. The summed E-state index contributed by atoms with van der Waals surface area (Å²) in [6, 6.07) is 10.7. The van der Waals surface area contributed by atoms with E-state index >= 15 is 0 Å². The van der Waals surface area contributed by atoms with Gasteiger partial charge in [0.1, 0.15) is 18.0 Å². The summed E-state index contributed by atoms with van der Waals surface area (Å²) < 4.78 is 91.9. The van der Waals surface area contributed by atoms with Crippen molar-refractivity contribution in [3.8, 4) is 22.9 Å². The van der Waals surface area contributed by atoms with E-state index in [0.717, 1.165) is 0 Å². The first kappa shape index (κ1) is 29.2. The molecule has 0 saturated heterocycles. The van der Waals surface area contributed by atoms with Gasteiger partial charge in [-0.05, 0) is 81.7 Å². The fourth-order valence-corrected chi connectivity index (χ4v) is 6.06. The lowest BCUT2D eigenvalue weighted by Gasteiger charge is -2.32. The van der Waals surface area contributed by atoms with Crippen LogP contribution in [0, 0.1) is 5.92 Å². The second kappa shape index (κ2) is 11.0. The molecular weight excluding hydrogens is 579 g/mol. The number of aliphatic carboxylic acids is 1. The Bertz CT molecular complexity index is 1520. The average molecular weight is 609 g/mol. The molecule has 1 aliphatic heterocycles. The predicted molar refractivity (Wildman–Crippen MR) is 140 cm³/mol. The van der Waals surface area contributed by atoms with Crippen LogP contribution in [0.25, 0.3) is 5.69 Å². The summed E-state index contributed by atoms with van der Waals surface area (Å²) in [4.78, 5) is 11.3. The van der Waals surface area contributed by atoms with Crippen molar-refractivity contribution in [3.63, 3.8) is 0 Å². The Kier molecular flexibility index (Phi) is 7.47. The highest BCUT2D eigenvalue weighted by molar-refractivity contribution is 5.70. The van der Waals surface area contributed by atoms with E-state index in [-0.39, 0.29) is 29.6 Å². The zero-order valence-electron chi connectivity index (χ0n) is 23.1. The van der Waals surface area contributed by atoms with E-state index in [9.17, 15) is 31.9 Å². The van der Waals surface area contributed by atoms with Crippen LogP contribution in [0.15, 0.2) is 42.5 Å². The van der Waals surface area contributed by atoms with Gasteiger partial charge in [-0.3, -0.25) is 4.79 Å². The van der Waals surface area contributed by atoms with Gasteiger partial charge in [-0.2, -0.15) is 18.3 Å². The van der Waals surface area contributed by atoms with Crippen molar-refractivity contribution < 1.29 is 50.8 Å². The second-order valence-electron chi connectivity index (χ2n) is 11.1. The highest BCUT2D eigenvalue weighted by Crippen LogP contribution is 2.44. The van der Waals surface area contributed by atoms with Crippen LogP contribution >= 0.6 is 0 Å². The van der Waals surface area contributed by atoms with Crippen LogP contribution in [0.3, 0.4) is 0 Å². The Labute approximate surface area is 243 Å². The number of nitrogens with zero attached hydrogens (tertiary/aromatic N) is 2. The van der Waals surface area contributed by atoms with E-state index < -0.39 is 42.3 Å². The zero-order valence-corrected chi connectivity index (χ0v) is 23.1. The predicted octanol–water partition coefficient (Wildman–Crippen LogP) is 7.39. The Morgan fingerprint density at radius 2 is 1.81 bits per heavy atom. The molecular formula is C30H29F5N2O6. The van der Waals surface area contributed by atoms with Crippen LogP contribution in [-0.4, -0.2) is 33.3 Å². The van der Waals surface area contributed by atoms with Crippen LogP contribution in [-0.2, 0) is 22.1 Å². The molecule has 2 atom stereocenters. The molecule has 230 valence electrons. The molecule has 3 aromatic rings. The molecule has 0 radical (unpaired) electrons. The highest BCUT2D eigenvalue weighted by atomic mass is 19.4. The van der Waals surface area contributed by atoms with Crippen molar-refractivity contribution in [2.24, 2.45) is 5.92 Å². The molecule has 1 saturated carbocycles. The number of rotatable bonds is 7. The van der Waals surface area contributed by atoms with Crippen molar-refractivity contribution in [1.82, 2.24) is 9.78 Å². The molecule has 2 aromatic carbocycles. The molecule has 2 aliphatic carbocycles. The number of hydrogen-bond donors (Lipinski definition) is 1. The molecule has 3 aliphatic rings. The van der Waals surface area contributed by atoms with E-state index in [1.54, 1.807) is 37.3 Å². The molecule has 0 spiro atoms. The molecule has 0 amide bonds. The van der Waals surface area contributed by atoms with E-state index in [1.807, 2.05) is 0 Å². The molecule has 2 unspecified atom stereocenters. The third kappa shape index (κ3) is 5.99. The standard InChI is InChI=1S/C30H29F5N2O6/c1-16(18-10-13-23-25(14-18)43-30(34,35)42-23)40-21-5-2-4-19(15-21)37-26-22(27(36-37)29(31,32)33)6-3-7-24(26)41-20-11-8-17(9-12-20)28(38)39/h2,4-5,10,13-17,20,24H,3,6-9,11-12H2,1H3,(H,38,39). The van der Waals surface area contributed by atoms with E-state index in [1.165, 1.54) is 16.8 Å². The summed E-state index contributed by atoms with van der Waals surface area (Å²) in [5.74, 6) is -1.18. The van der Waals surface area contributed by atoms with E-state index in [4.69, 9.17) is 9.47 Å². The first-order chi connectivity index (χ1) is 20.4. The number of hydrogen-bond acceptors (Lipinski definition) is 6. The van der Waals surface area contributed by atoms with Crippen molar-refractivity contribution in [3.05, 3.63) is 65.0 Å². The van der Waals surface area contributed by atoms with Crippen molar-refractivity contribution in [2.75, 3.05) is 0 Å². The molecule has 1 N–H and O–H groups in total. The number of carboxylic acid groups (broad SMARTS) is 1. The van der Waals surface area contributed by atoms with E-state index in [0.29, 0.717) is 61.2 Å². The summed E-state index contributed by atoms with van der Waals surface area (Å²) in [6.45, 7) is 1.70. The highest BCUT2D eigenvalue weighted by Gasteiger charge is 2.44. The number of aromatic nitrogens is 2. The number of fused-ring (bicyclic) bond motifs is 2. The van der Waals surface area contributed by atoms with Gasteiger partial charge in [0, 0.05) is 11.6 Å². The van der Waals surface area contributed by atoms with Gasteiger partial charge in [0.25, 0.3) is 0 Å². The largest absolute Gasteiger partial charge is 0.586 e. The third-order valence-electron chi connectivity index (χ3n) is 8.14. The molecule has 8 nitrogen and oxygen atoms in total. The lowest BCUT2D eigenvalue weighted by Crippen LogP contribution is -2.29. The summed E-state index contributed by atoms with van der Waals surface area (Å²) in [5.41, 5.74) is 0.335. The molecule has 1 aromatic heterocycles. The van der Waals surface area contributed by atoms with Gasteiger partial charge in [0.15, 0.2) is 17.2 Å². The maximum atomic E-state index is 14.1. The molecule has 2 heterocycles. The molecule has 0 bridgehead atoms. The lowest BCUT2D eigenvalue weighted by molar-refractivity contribution is -0.286. The number of benzene rings is 2. The van der Waals surface area contributed by atoms with Gasteiger partial charge in [0.2, 0.25) is 0 Å². The Balaban J connectivity index is 1.27. The van der Waals surface area contributed by atoms with Crippen molar-refractivity contribution in [1.29, 1.82) is 0 Å². The van der Waals surface area contributed by atoms with Crippen LogP contribution in [0.5, 0.6) is 17.2 Å². The maximum absolute atomic E-state index is 14.1. The Morgan fingerprint density at radius 3 is 2.53 bits per heavy atom. The van der Waals surface area contributed by atoms with Crippen LogP contribution in [0.2, 0.25) is 0 Å². The van der Waals surface area contributed by atoms with Gasteiger partial charge in [-0.25, -0.2) is 4.68 Å². The Morgan fingerprint density at radius 1 is 1.07 bits per heavy atom. The van der Waals surface area contributed by atoms with Crippen molar-refractivity contribution >= 4 is 5.97 Å². The first-order valence-electron chi connectivity index (χ1n) is 14.1. The summed E-state index contributed by atoms with van der Waals surface area (Å²) in [5, 5.41) is 13.3. The van der Waals surface area contributed by atoms with Gasteiger partial charge >= 0.3 is 18.4 Å². The molecule has 13 heteroatoms. The van der Waals surface area contributed by atoms with E-state index in [2.05, 4.69) is 14.6 Å². The molecule has 43 heavy (non-hydrogen) atoms. The smallest absolute Gasteiger partial charge is 0.486 e. The lowest BCUT2D eigenvalue weighted by atomic mass is 9.87. The average Bonchev–Trinajstić information content (AvgIpc) is 3.50. The van der Waals surface area contributed by atoms with Gasteiger partial charge in [-0.1, -0.05) is 12.1 Å². The van der Waals surface area contributed by atoms with Crippen molar-refractivity contribution in [2.45, 2.75) is 82.7 Å². The number of alkyl halides is 5. The third-order valence-corrected chi connectivity index (χ3v) is 8.14. The van der Waals surface area contributed by atoms with Crippen LogP contribution < -0.4 is 14.2 Å². The van der Waals surface area contributed by atoms with Gasteiger partial charge in [-0.15, -0.1) is 8.78 Å². The minimum absolute atomic E-state index is 0.0971. The molecule has 6 rings (SSSR count). The number of carbonyl (C=O) groups is 1. The fraction of sp³-hybridized carbons (Fsp3) is 0.467. The summed E-state index contributed by atoms with van der Waals surface area (Å²) >= 11 is 0. The zero-order chi connectivity index (χ0) is 30.5. The van der Waals surface area contributed by atoms with Gasteiger partial charge in [0.05, 0.1) is 23.4 Å². The fourth-order valence-electron chi connectivity index (χ4n) is 6.06. The maximum Gasteiger partial charge on any atom is 0.586 e. The van der Waals surface area contributed by atoms with Gasteiger partial charge < -0.3 is 24.1 Å². The first-order valence-corrected chi connectivity index (χ1v) is 14.1.